The monoisotopic (exact) mass is 701 g/mol. The van der Waals surface area contributed by atoms with Gasteiger partial charge in [0.1, 0.15) is 22.5 Å². The highest BCUT2D eigenvalue weighted by atomic mass is 19.2. The van der Waals surface area contributed by atoms with E-state index in [-0.39, 0.29) is 39.6 Å². The van der Waals surface area contributed by atoms with Gasteiger partial charge in [-0.15, -0.1) is 0 Å². The first-order valence-electron chi connectivity index (χ1n) is 16.9. The summed E-state index contributed by atoms with van der Waals surface area (Å²) in [5.74, 6) is -2.96. The van der Waals surface area contributed by atoms with Gasteiger partial charge in [-0.1, -0.05) is 0 Å². The predicted molar refractivity (Wildman–Crippen MR) is 191 cm³/mol. The zero-order valence-corrected chi connectivity index (χ0v) is 30.0. The van der Waals surface area contributed by atoms with Crippen LogP contribution in [0.15, 0.2) is 35.5 Å². The molecule has 1 aliphatic heterocycles. The quantitative estimate of drug-likeness (QED) is 0.213. The van der Waals surface area contributed by atoms with Crippen molar-refractivity contribution >= 4 is 56.4 Å². The molecule has 1 saturated heterocycles. The number of esters is 1. The van der Waals surface area contributed by atoms with Gasteiger partial charge in [-0.2, -0.15) is 0 Å². The van der Waals surface area contributed by atoms with E-state index in [0.29, 0.717) is 52.6 Å². The van der Waals surface area contributed by atoms with Crippen LogP contribution in [-0.4, -0.2) is 89.0 Å². The number of anilines is 2. The second-order valence-electron chi connectivity index (χ2n) is 14.9. The Morgan fingerprint density at radius 2 is 1.86 bits per heavy atom. The lowest BCUT2D eigenvalue weighted by Crippen LogP contribution is -2.34. The van der Waals surface area contributed by atoms with Crippen LogP contribution in [0, 0.1) is 17.0 Å². The number of carbonyl (C=O) groups excluding carboxylic acids is 2. The number of nitrogens with one attached hydrogen (secondary N) is 1. The lowest BCUT2D eigenvalue weighted by Gasteiger charge is -2.25. The summed E-state index contributed by atoms with van der Waals surface area (Å²) in [5.41, 5.74) is 1.11. The fourth-order valence-corrected chi connectivity index (χ4v) is 7.61. The van der Waals surface area contributed by atoms with Crippen LogP contribution in [0.2, 0.25) is 0 Å². The summed E-state index contributed by atoms with van der Waals surface area (Å²) in [6, 6.07) is 3.00. The number of hydrogen-bond donors (Lipinski definition) is 1. The smallest absolute Gasteiger partial charge is 0.414 e. The summed E-state index contributed by atoms with van der Waals surface area (Å²) < 4.78 is 44.1. The fraction of sp³-hybridized carbons (Fsp3) is 0.432. The second kappa shape index (κ2) is 12.0. The normalized spacial score (nSPS) is 18.8. The molecule has 5 aromatic rings. The number of H-pyrrole nitrogens is 1. The molecule has 268 valence electrons. The van der Waals surface area contributed by atoms with Gasteiger partial charge < -0.3 is 28.8 Å². The Morgan fingerprint density at radius 3 is 2.53 bits per heavy atom. The van der Waals surface area contributed by atoms with Gasteiger partial charge in [0, 0.05) is 74.4 Å². The standard InChI is InChI=1S/C37H41F2N7O5/c1-9-50-34(48)22-17-44(7)33-20(31(22)47)12-19(15-41-33)21-16-40-32-27(30(21)46-11-10-37(18-46)14-25(37)43(5)6)26-28(39)23(38)13-24(29(26)42-32)45(8)35(49)51-36(2,3)4/h12-13,15-17,25H,9-11,14,18H2,1-8H3,(H,40,42). The Morgan fingerprint density at radius 1 is 1.12 bits per heavy atom. The van der Waals surface area contributed by atoms with Crippen molar-refractivity contribution < 1.29 is 27.8 Å². The number of fused-ring (bicyclic) bond motifs is 4. The van der Waals surface area contributed by atoms with Crippen molar-refractivity contribution in [3.8, 4) is 11.1 Å². The number of aromatic nitrogens is 4. The molecule has 14 heteroatoms. The van der Waals surface area contributed by atoms with E-state index in [1.807, 2.05) is 0 Å². The minimum absolute atomic E-state index is 0.0283. The number of carbonyl (C=O) groups is 2. The number of pyridine rings is 3. The van der Waals surface area contributed by atoms with Crippen LogP contribution in [0.3, 0.4) is 0 Å². The first-order valence-corrected chi connectivity index (χ1v) is 16.9. The van der Waals surface area contributed by atoms with Gasteiger partial charge in [0.15, 0.2) is 11.6 Å². The molecule has 2 atom stereocenters. The van der Waals surface area contributed by atoms with Crippen LogP contribution in [0.1, 0.15) is 50.9 Å². The number of hydrogen-bond acceptors (Lipinski definition) is 9. The average Bonchev–Trinajstić information content (AvgIpc) is 3.41. The molecular formula is C37H41F2N7O5. The van der Waals surface area contributed by atoms with Crippen molar-refractivity contribution in [2.75, 3.05) is 50.6 Å². The summed E-state index contributed by atoms with van der Waals surface area (Å²) >= 11 is 0. The van der Waals surface area contributed by atoms with E-state index >= 15 is 8.78 Å². The number of rotatable bonds is 6. The molecule has 1 saturated carbocycles. The van der Waals surface area contributed by atoms with Crippen LogP contribution in [0.25, 0.3) is 44.1 Å². The minimum Gasteiger partial charge on any atom is -0.462 e. The van der Waals surface area contributed by atoms with Crippen LogP contribution < -0.4 is 15.2 Å². The molecule has 2 aliphatic rings. The van der Waals surface area contributed by atoms with Crippen molar-refractivity contribution in [2.45, 2.75) is 52.2 Å². The van der Waals surface area contributed by atoms with Gasteiger partial charge in [0.25, 0.3) is 0 Å². The lowest BCUT2D eigenvalue weighted by atomic mass is 10.0. The van der Waals surface area contributed by atoms with Crippen LogP contribution >= 0.6 is 0 Å². The zero-order valence-electron chi connectivity index (χ0n) is 30.0. The van der Waals surface area contributed by atoms with E-state index in [0.717, 1.165) is 23.8 Å². The number of aryl methyl sites for hydroxylation is 1. The zero-order chi connectivity index (χ0) is 36.7. The Kier molecular flexibility index (Phi) is 8.08. The molecule has 2 fully saturated rings. The minimum atomic E-state index is -1.14. The molecule has 1 spiro atoms. The molecule has 1 N–H and O–H groups in total. The number of halogens is 2. The van der Waals surface area contributed by atoms with Crippen LogP contribution in [0.4, 0.5) is 25.0 Å². The molecule has 5 heterocycles. The molecule has 1 aromatic carbocycles. The summed E-state index contributed by atoms with van der Waals surface area (Å²) in [6.45, 7) is 8.23. The van der Waals surface area contributed by atoms with Gasteiger partial charge in [0.2, 0.25) is 5.43 Å². The molecule has 51 heavy (non-hydrogen) atoms. The highest BCUT2D eigenvalue weighted by Gasteiger charge is 2.58. The van der Waals surface area contributed by atoms with Crippen molar-refractivity contribution in [3.05, 3.63) is 58.1 Å². The van der Waals surface area contributed by atoms with E-state index < -0.39 is 34.7 Å². The third-order valence-corrected chi connectivity index (χ3v) is 10.1. The molecule has 2 unspecified atom stereocenters. The van der Waals surface area contributed by atoms with Gasteiger partial charge in [-0.3, -0.25) is 9.69 Å². The molecule has 1 amide bonds. The van der Waals surface area contributed by atoms with Crippen molar-refractivity contribution in [3.63, 3.8) is 0 Å². The maximum atomic E-state index is 16.2. The maximum Gasteiger partial charge on any atom is 0.414 e. The highest BCUT2D eigenvalue weighted by molar-refractivity contribution is 6.19. The number of nitrogens with zero attached hydrogens (tertiary/aromatic N) is 6. The number of aromatic amines is 1. The number of amides is 1. The summed E-state index contributed by atoms with van der Waals surface area (Å²) in [4.78, 5) is 57.5. The Hall–Kier alpha value is -5.11. The third kappa shape index (κ3) is 5.65. The molecule has 0 bridgehead atoms. The van der Waals surface area contributed by atoms with Crippen molar-refractivity contribution in [1.29, 1.82) is 0 Å². The maximum absolute atomic E-state index is 16.2. The molecule has 12 nitrogen and oxygen atoms in total. The van der Waals surface area contributed by atoms with E-state index in [9.17, 15) is 14.4 Å². The summed E-state index contributed by atoms with van der Waals surface area (Å²) in [6.07, 6.45) is 5.80. The largest absolute Gasteiger partial charge is 0.462 e. The first kappa shape index (κ1) is 34.3. The Bertz CT molecular complexity index is 2330. The topological polar surface area (TPSA) is 126 Å². The molecule has 1 aliphatic carbocycles. The van der Waals surface area contributed by atoms with Gasteiger partial charge >= 0.3 is 12.1 Å². The average molecular weight is 702 g/mol. The first-order chi connectivity index (χ1) is 24.0. The van der Waals surface area contributed by atoms with Gasteiger partial charge in [0.05, 0.1) is 39.7 Å². The van der Waals surface area contributed by atoms with Gasteiger partial charge in [-0.25, -0.2) is 28.3 Å². The SMILES string of the molecule is CCOC(=O)c1cn(C)c2ncc(-c3cnc4[nH]c5c(N(C)C(=O)OC(C)(C)C)cc(F)c(F)c5c4c3N3CCC4(CC4N(C)C)C3)cc2c1=O. The lowest BCUT2D eigenvalue weighted by molar-refractivity contribution is 0.0522. The summed E-state index contributed by atoms with van der Waals surface area (Å²) in [5, 5.41) is 0.470. The molecular weight excluding hydrogens is 660 g/mol. The highest BCUT2D eigenvalue weighted by Crippen LogP contribution is 2.57. The Balaban J connectivity index is 1.48. The summed E-state index contributed by atoms with van der Waals surface area (Å²) in [7, 11) is 7.25. The predicted octanol–water partition coefficient (Wildman–Crippen LogP) is 5.99. The Labute approximate surface area is 292 Å². The molecule has 4 aromatic heterocycles. The molecule has 7 rings (SSSR count). The fourth-order valence-electron chi connectivity index (χ4n) is 7.61. The second-order valence-corrected chi connectivity index (χ2v) is 14.9. The number of benzene rings is 1. The molecule has 0 radical (unpaired) electrons. The van der Waals surface area contributed by atoms with E-state index in [1.54, 1.807) is 57.8 Å². The van der Waals surface area contributed by atoms with Crippen molar-refractivity contribution in [2.24, 2.45) is 12.5 Å². The van der Waals surface area contributed by atoms with E-state index in [4.69, 9.17) is 9.47 Å². The van der Waals surface area contributed by atoms with Crippen molar-refractivity contribution in [1.82, 2.24) is 24.4 Å². The third-order valence-electron chi connectivity index (χ3n) is 10.1. The van der Waals surface area contributed by atoms with Crippen LogP contribution in [0.5, 0.6) is 0 Å². The van der Waals surface area contributed by atoms with E-state index in [1.165, 1.54) is 13.2 Å². The van der Waals surface area contributed by atoms with Crippen LogP contribution in [-0.2, 0) is 16.5 Å². The van der Waals surface area contributed by atoms with E-state index in [2.05, 4.69) is 38.8 Å². The number of ether oxygens (including phenoxy) is 2. The van der Waals surface area contributed by atoms with Gasteiger partial charge in [-0.05, 0) is 60.7 Å².